The monoisotopic (exact) mass is 254 g/mol. The predicted octanol–water partition coefficient (Wildman–Crippen LogP) is 2.10. The van der Waals surface area contributed by atoms with Crippen molar-refractivity contribution in [1.29, 1.82) is 0 Å². The molecule has 2 fully saturated rings. The van der Waals surface area contributed by atoms with E-state index in [-0.39, 0.29) is 0 Å². The Bertz CT molecular complexity index is 235. The second-order valence-electron chi connectivity index (χ2n) is 6.13. The van der Waals surface area contributed by atoms with E-state index in [1.807, 2.05) is 0 Å². The number of piperazine rings is 1. The molecule has 2 aliphatic rings. The van der Waals surface area contributed by atoms with Gasteiger partial charge in [-0.1, -0.05) is 19.3 Å². The van der Waals surface area contributed by atoms with Crippen molar-refractivity contribution < 1.29 is 5.11 Å². The minimum Gasteiger partial charge on any atom is -0.396 e. The largest absolute Gasteiger partial charge is 0.396 e. The van der Waals surface area contributed by atoms with Gasteiger partial charge in [0.05, 0.1) is 0 Å². The Hall–Kier alpha value is -0.120. The van der Waals surface area contributed by atoms with E-state index in [1.54, 1.807) is 0 Å². The molecule has 3 nitrogen and oxygen atoms in total. The standard InChI is InChI=1S/C15H30N2O/c1-14-12-17-10-6-4-8-15(17)13-16(14)9-5-2-3-7-11-18/h14-15,18H,2-13H2,1H3. The molecule has 2 aliphatic heterocycles. The molecule has 2 rings (SSSR count). The van der Waals surface area contributed by atoms with E-state index in [0.717, 1.165) is 18.5 Å². The number of hydrogen-bond acceptors (Lipinski definition) is 3. The van der Waals surface area contributed by atoms with Gasteiger partial charge >= 0.3 is 0 Å². The number of rotatable bonds is 6. The fourth-order valence-electron chi connectivity index (χ4n) is 3.50. The molecule has 2 unspecified atom stereocenters. The molecule has 0 bridgehead atoms. The lowest BCUT2D eigenvalue weighted by Gasteiger charge is -2.47. The van der Waals surface area contributed by atoms with Crippen molar-refractivity contribution in [3.05, 3.63) is 0 Å². The molecule has 3 heteroatoms. The molecule has 0 aromatic rings. The molecule has 1 N–H and O–H groups in total. The molecule has 106 valence electrons. The molecule has 0 spiro atoms. The molecule has 0 amide bonds. The molecule has 0 aliphatic carbocycles. The minimum absolute atomic E-state index is 0.358. The zero-order valence-corrected chi connectivity index (χ0v) is 12.0. The lowest BCUT2D eigenvalue weighted by molar-refractivity contribution is 0.0146. The smallest absolute Gasteiger partial charge is 0.0431 e. The van der Waals surface area contributed by atoms with Gasteiger partial charge < -0.3 is 5.11 Å². The summed E-state index contributed by atoms with van der Waals surface area (Å²) in [5, 5.41) is 8.77. The SMILES string of the molecule is CC1CN2CCCCC2CN1CCCCCCO. The Morgan fingerprint density at radius 3 is 2.72 bits per heavy atom. The van der Waals surface area contributed by atoms with Crippen LogP contribution >= 0.6 is 0 Å². The molecule has 0 aromatic carbocycles. The van der Waals surface area contributed by atoms with Gasteiger partial charge in [-0.15, -0.1) is 0 Å². The second kappa shape index (κ2) is 7.46. The minimum atomic E-state index is 0.358. The molecule has 0 aromatic heterocycles. The average molecular weight is 254 g/mol. The van der Waals surface area contributed by atoms with Crippen molar-refractivity contribution in [3.8, 4) is 0 Å². The summed E-state index contributed by atoms with van der Waals surface area (Å²) in [7, 11) is 0. The number of piperidine rings is 1. The third-order valence-electron chi connectivity index (χ3n) is 4.67. The van der Waals surface area contributed by atoms with Crippen LogP contribution in [0.25, 0.3) is 0 Å². The lowest BCUT2D eigenvalue weighted by Crippen LogP contribution is -2.58. The van der Waals surface area contributed by atoms with Gasteiger partial charge in [0.15, 0.2) is 0 Å². The van der Waals surface area contributed by atoms with Gasteiger partial charge in [0.25, 0.3) is 0 Å². The summed E-state index contributed by atoms with van der Waals surface area (Å²) in [5.74, 6) is 0. The fourth-order valence-corrected chi connectivity index (χ4v) is 3.50. The van der Waals surface area contributed by atoms with Crippen LogP contribution in [0, 0.1) is 0 Å². The molecule has 2 atom stereocenters. The molecule has 0 radical (unpaired) electrons. The van der Waals surface area contributed by atoms with E-state index >= 15 is 0 Å². The van der Waals surface area contributed by atoms with Crippen molar-refractivity contribution in [1.82, 2.24) is 9.80 Å². The number of unbranched alkanes of at least 4 members (excludes halogenated alkanes) is 3. The first-order chi connectivity index (χ1) is 8.81. The third-order valence-corrected chi connectivity index (χ3v) is 4.67. The van der Waals surface area contributed by atoms with Crippen molar-refractivity contribution in [2.75, 3.05) is 32.8 Å². The Morgan fingerprint density at radius 1 is 1.06 bits per heavy atom. The van der Waals surface area contributed by atoms with E-state index < -0.39 is 0 Å². The predicted molar refractivity (Wildman–Crippen MR) is 75.8 cm³/mol. The number of fused-ring (bicyclic) bond motifs is 1. The average Bonchev–Trinajstić information content (AvgIpc) is 2.39. The van der Waals surface area contributed by atoms with Crippen LogP contribution in [0.1, 0.15) is 51.9 Å². The topological polar surface area (TPSA) is 26.7 Å². The molecular formula is C15H30N2O. The van der Waals surface area contributed by atoms with E-state index in [4.69, 9.17) is 5.11 Å². The Labute approximate surface area is 112 Å². The first-order valence-corrected chi connectivity index (χ1v) is 7.90. The van der Waals surface area contributed by atoms with Gasteiger partial charge in [-0.3, -0.25) is 9.80 Å². The van der Waals surface area contributed by atoms with Crippen molar-refractivity contribution >= 4 is 0 Å². The van der Waals surface area contributed by atoms with Crippen LogP contribution in [0.4, 0.5) is 0 Å². The molecule has 18 heavy (non-hydrogen) atoms. The van der Waals surface area contributed by atoms with E-state index in [9.17, 15) is 0 Å². The lowest BCUT2D eigenvalue weighted by atomic mass is 9.97. The Morgan fingerprint density at radius 2 is 1.89 bits per heavy atom. The maximum atomic E-state index is 8.77. The highest BCUT2D eigenvalue weighted by molar-refractivity contribution is 4.88. The zero-order valence-electron chi connectivity index (χ0n) is 12.0. The molecule has 2 heterocycles. The fraction of sp³-hybridized carbons (Fsp3) is 1.00. The van der Waals surface area contributed by atoms with Gasteiger partial charge in [0.2, 0.25) is 0 Å². The summed E-state index contributed by atoms with van der Waals surface area (Å²) in [6.45, 7) is 7.91. The summed E-state index contributed by atoms with van der Waals surface area (Å²) in [6, 6.07) is 1.57. The van der Waals surface area contributed by atoms with Crippen LogP contribution in [0.5, 0.6) is 0 Å². The van der Waals surface area contributed by atoms with Crippen molar-refractivity contribution in [2.45, 2.75) is 64.0 Å². The van der Waals surface area contributed by atoms with Crippen LogP contribution in [-0.4, -0.2) is 59.8 Å². The normalized spacial score (nSPS) is 30.3. The quantitative estimate of drug-likeness (QED) is 0.735. The summed E-state index contributed by atoms with van der Waals surface area (Å²) >= 11 is 0. The third kappa shape index (κ3) is 3.94. The van der Waals surface area contributed by atoms with Gasteiger partial charge in [0.1, 0.15) is 0 Å². The van der Waals surface area contributed by atoms with Gasteiger partial charge in [0, 0.05) is 31.8 Å². The molecular weight excluding hydrogens is 224 g/mol. The first kappa shape index (κ1) is 14.3. The number of aliphatic hydroxyl groups excluding tert-OH is 1. The van der Waals surface area contributed by atoms with E-state index in [0.29, 0.717) is 6.61 Å². The highest BCUT2D eigenvalue weighted by Crippen LogP contribution is 2.24. The Kier molecular flexibility index (Phi) is 5.93. The van der Waals surface area contributed by atoms with Crippen LogP contribution in [0.15, 0.2) is 0 Å². The molecule has 2 saturated heterocycles. The van der Waals surface area contributed by atoms with Crippen LogP contribution in [0.3, 0.4) is 0 Å². The maximum Gasteiger partial charge on any atom is 0.0431 e. The highest BCUT2D eigenvalue weighted by Gasteiger charge is 2.32. The number of hydrogen-bond donors (Lipinski definition) is 1. The summed E-state index contributed by atoms with van der Waals surface area (Å²) in [5.41, 5.74) is 0. The summed E-state index contributed by atoms with van der Waals surface area (Å²) < 4.78 is 0. The van der Waals surface area contributed by atoms with Crippen molar-refractivity contribution in [3.63, 3.8) is 0 Å². The van der Waals surface area contributed by atoms with E-state index in [1.165, 1.54) is 64.7 Å². The maximum absolute atomic E-state index is 8.77. The summed E-state index contributed by atoms with van der Waals surface area (Å²) in [6.07, 6.45) is 8.99. The van der Waals surface area contributed by atoms with Crippen molar-refractivity contribution in [2.24, 2.45) is 0 Å². The Balaban J connectivity index is 1.68. The van der Waals surface area contributed by atoms with Crippen LogP contribution < -0.4 is 0 Å². The second-order valence-corrected chi connectivity index (χ2v) is 6.13. The summed E-state index contributed by atoms with van der Waals surface area (Å²) in [4.78, 5) is 5.42. The number of nitrogens with zero attached hydrogens (tertiary/aromatic N) is 2. The molecule has 0 saturated carbocycles. The van der Waals surface area contributed by atoms with E-state index in [2.05, 4.69) is 16.7 Å². The van der Waals surface area contributed by atoms with Gasteiger partial charge in [-0.25, -0.2) is 0 Å². The van der Waals surface area contributed by atoms with Crippen LogP contribution in [0.2, 0.25) is 0 Å². The first-order valence-electron chi connectivity index (χ1n) is 7.90. The highest BCUT2D eigenvalue weighted by atomic mass is 16.2. The van der Waals surface area contributed by atoms with Gasteiger partial charge in [-0.05, 0) is 45.7 Å². The van der Waals surface area contributed by atoms with Crippen LogP contribution in [-0.2, 0) is 0 Å². The van der Waals surface area contributed by atoms with Gasteiger partial charge in [-0.2, -0.15) is 0 Å². The zero-order chi connectivity index (χ0) is 12.8. The number of aliphatic hydroxyl groups is 1.